The summed E-state index contributed by atoms with van der Waals surface area (Å²) in [5.74, 6) is -0.887. The van der Waals surface area contributed by atoms with Crippen molar-refractivity contribution in [1.82, 2.24) is 0 Å². The van der Waals surface area contributed by atoms with E-state index >= 15 is 0 Å². The van der Waals surface area contributed by atoms with Crippen molar-refractivity contribution in [3.8, 4) is 0 Å². The number of hydrogen-bond acceptors (Lipinski definition) is 9. The Balaban J connectivity index is 1.91. The predicted molar refractivity (Wildman–Crippen MR) is 163 cm³/mol. The third-order valence-corrected chi connectivity index (χ3v) is 14.7. The van der Waals surface area contributed by atoms with E-state index in [4.69, 9.17) is 13.3 Å². The van der Waals surface area contributed by atoms with E-state index in [-0.39, 0.29) is 17.3 Å². The van der Waals surface area contributed by atoms with Gasteiger partial charge < -0.3 is 13.3 Å². The van der Waals surface area contributed by atoms with Crippen molar-refractivity contribution >= 4 is 39.2 Å². The van der Waals surface area contributed by atoms with Crippen LogP contribution in [0.15, 0.2) is 0 Å². The molecule has 4 aliphatic rings. The van der Waals surface area contributed by atoms with E-state index in [9.17, 15) is 38.9 Å². The van der Waals surface area contributed by atoms with Crippen molar-refractivity contribution in [2.75, 3.05) is 105 Å². The molecule has 4 bridgehead atoms. The molecule has 0 aliphatic carbocycles. The van der Waals surface area contributed by atoms with Crippen LogP contribution in [0.3, 0.4) is 0 Å². The van der Waals surface area contributed by atoms with Gasteiger partial charge in [0.1, 0.15) is 0 Å². The Labute approximate surface area is 264 Å². The first-order valence-electron chi connectivity index (χ1n) is 15.2. The third kappa shape index (κ3) is 10.9. The summed E-state index contributed by atoms with van der Waals surface area (Å²) < 4.78 is 116. The molecule has 0 radical (unpaired) electrons. The van der Waals surface area contributed by atoms with Gasteiger partial charge in [-0.2, -0.15) is 43.2 Å². The lowest BCUT2D eigenvalue weighted by atomic mass is 10.1. The first-order chi connectivity index (χ1) is 20.3. The molecule has 0 saturated carbocycles. The van der Waals surface area contributed by atoms with Crippen LogP contribution in [0.1, 0.15) is 44.9 Å². The zero-order valence-corrected chi connectivity index (χ0v) is 29.8. The van der Waals surface area contributed by atoms with Crippen molar-refractivity contribution in [3.63, 3.8) is 0 Å². The van der Waals surface area contributed by atoms with Crippen molar-refractivity contribution in [2.45, 2.75) is 51.0 Å². The lowest BCUT2D eigenvalue weighted by molar-refractivity contribution is -1.43. The Morgan fingerprint density at radius 1 is 0.477 bits per heavy atom. The lowest BCUT2D eigenvalue weighted by Gasteiger charge is -2.68. The Morgan fingerprint density at radius 3 is 0.955 bits per heavy atom. The van der Waals surface area contributed by atoms with Crippen LogP contribution in [-0.2, 0) is 43.6 Å². The summed E-state index contributed by atoms with van der Waals surface area (Å²) in [7, 11) is -10.2. The summed E-state index contributed by atoms with van der Waals surface area (Å²) in [5.41, 5.74) is 0. The Bertz CT molecular complexity index is 1140. The molecular weight excluding hydrogens is 661 g/mol. The highest BCUT2D eigenvalue weighted by Gasteiger charge is 2.72. The molecular formula is C24H54N4O12S3Si+4. The van der Waals surface area contributed by atoms with Crippen LogP contribution in [0, 0.1) is 0 Å². The van der Waals surface area contributed by atoms with Gasteiger partial charge in [0, 0.05) is 33.8 Å². The van der Waals surface area contributed by atoms with E-state index in [0.717, 1.165) is 90.5 Å². The quantitative estimate of drug-likeness (QED) is 0.0603. The predicted octanol–water partition coefficient (Wildman–Crippen LogP) is 0.312. The van der Waals surface area contributed by atoms with Crippen LogP contribution in [-0.4, -0.2) is 170 Å². The molecule has 4 aliphatic heterocycles. The van der Waals surface area contributed by atoms with Gasteiger partial charge >= 0.3 is 8.80 Å². The highest BCUT2D eigenvalue weighted by molar-refractivity contribution is 7.86. The standard InChI is InChI=1S/C24H51N4O12S3Si/c1-38-44(39-2,40-3)18-10-14-28-22-25(11-4-7-15-41(29,30)31)19-26(23-28,12-5-8-16-42(32,33)34)21-27(20-25,24-28)13-6-9-17-43(35,36)37/h4-24H2,1-3H3/q+1/p+3. The second-order valence-corrected chi connectivity index (χ2v) is 21.3. The normalized spacial score (nSPS) is 30.7. The van der Waals surface area contributed by atoms with Gasteiger partial charge in [-0.15, -0.1) is 0 Å². The number of nitrogens with zero attached hydrogens (tertiary/aromatic N) is 4. The maximum absolute atomic E-state index is 11.4. The fourth-order valence-electron chi connectivity index (χ4n) is 8.59. The van der Waals surface area contributed by atoms with Gasteiger partial charge in [0.05, 0.1) is 43.4 Å². The molecule has 16 nitrogen and oxygen atoms in total. The average molecular weight is 715 g/mol. The van der Waals surface area contributed by atoms with E-state index in [1.807, 2.05) is 0 Å². The summed E-state index contributed by atoms with van der Waals surface area (Å²) in [5, 5.41) is 0. The molecule has 0 unspecified atom stereocenters. The van der Waals surface area contributed by atoms with Crippen LogP contribution in [0.25, 0.3) is 0 Å². The molecule has 0 amide bonds. The van der Waals surface area contributed by atoms with Crippen LogP contribution < -0.4 is 0 Å². The van der Waals surface area contributed by atoms with Gasteiger partial charge in [-0.25, -0.2) is 0 Å². The van der Waals surface area contributed by atoms with Crippen LogP contribution in [0.4, 0.5) is 0 Å². The smallest absolute Gasteiger partial charge is 0.377 e. The second kappa shape index (κ2) is 14.4. The lowest BCUT2D eigenvalue weighted by Crippen LogP contribution is -2.95. The summed E-state index contributed by atoms with van der Waals surface area (Å²) in [6.07, 6.45) is 3.63. The minimum Gasteiger partial charge on any atom is -0.377 e. The molecule has 4 saturated heterocycles. The maximum Gasteiger partial charge on any atom is 0.500 e. The Morgan fingerprint density at radius 2 is 0.727 bits per heavy atom. The van der Waals surface area contributed by atoms with E-state index in [0.29, 0.717) is 44.6 Å². The molecule has 0 aromatic heterocycles. The third-order valence-electron chi connectivity index (χ3n) is 9.50. The molecule has 4 rings (SSSR count). The van der Waals surface area contributed by atoms with Gasteiger partial charge in [-0.05, 0) is 38.5 Å². The van der Waals surface area contributed by atoms with E-state index in [1.54, 1.807) is 21.3 Å². The first kappa shape index (κ1) is 38.1. The van der Waals surface area contributed by atoms with E-state index in [2.05, 4.69) is 0 Å². The number of unbranched alkanes of at least 4 members (excludes halogenated alkanes) is 3. The highest BCUT2D eigenvalue weighted by Crippen LogP contribution is 2.45. The second-order valence-electron chi connectivity index (χ2n) is 13.5. The highest BCUT2D eigenvalue weighted by atomic mass is 32.2. The van der Waals surface area contributed by atoms with Crippen LogP contribution >= 0.6 is 0 Å². The fourth-order valence-corrected chi connectivity index (χ4v) is 12.0. The topological polar surface area (TPSA) is 191 Å². The summed E-state index contributed by atoms with van der Waals surface area (Å²) >= 11 is 0. The van der Waals surface area contributed by atoms with Crippen molar-refractivity contribution in [2.24, 2.45) is 0 Å². The summed E-state index contributed by atoms with van der Waals surface area (Å²) in [6, 6.07) is 0.633. The number of hydrogen-bond donors (Lipinski definition) is 3. The molecule has 3 N–H and O–H groups in total. The van der Waals surface area contributed by atoms with Crippen molar-refractivity contribution in [1.29, 1.82) is 0 Å². The molecule has 0 aromatic carbocycles. The van der Waals surface area contributed by atoms with Gasteiger partial charge in [0.2, 0.25) is 40.0 Å². The SMILES string of the molecule is CO[Si](CCC[N+]12C[N+]3(CCCCS(=O)(=O)O)C[N+](CCCCS(=O)(=O)O)(C[N+](CCCCS(=O)(=O)O)(C3)C1)C2)(OC)OC. The molecule has 44 heavy (non-hydrogen) atoms. The van der Waals surface area contributed by atoms with Gasteiger partial charge in [-0.3, -0.25) is 13.7 Å². The molecule has 0 spiro atoms. The summed E-state index contributed by atoms with van der Waals surface area (Å²) in [6.45, 7) is 7.98. The number of quaternary nitrogens is 4. The summed E-state index contributed by atoms with van der Waals surface area (Å²) in [4.78, 5) is 0. The first-order valence-corrected chi connectivity index (χ1v) is 21.9. The van der Waals surface area contributed by atoms with Crippen LogP contribution in [0.2, 0.25) is 6.04 Å². The zero-order chi connectivity index (χ0) is 33.0. The monoisotopic (exact) mass is 714 g/mol. The van der Waals surface area contributed by atoms with Gasteiger partial charge in [0.15, 0.2) is 0 Å². The molecule has 4 heterocycles. The van der Waals surface area contributed by atoms with Crippen molar-refractivity contribution in [3.05, 3.63) is 0 Å². The minimum absolute atomic E-state index is 0.296. The van der Waals surface area contributed by atoms with E-state index < -0.39 is 39.2 Å². The molecule has 0 aromatic rings. The largest absolute Gasteiger partial charge is 0.500 e. The Kier molecular flexibility index (Phi) is 12.5. The Hall–Kier alpha value is -0.333. The zero-order valence-electron chi connectivity index (χ0n) is 26.4. The van der Waals surface area contributed by atoms with Gasteiger partial charge in [-0.1, -0.05) is 0 Å². The maximum atomic E-state index is 11.4. The fraction of sp³-hybridized carbons (Fsp3) is 1.00. The average Bonchev–Trinajstić information content (AvgIpc) is 2.88. The van der Waals surface area contributed by atoms with Crippen molar-refractivity contribution < 1.29 is 70.1 Å². The van der Waals surface area contributed by atoms with E-state index in [1.165, 1.54) is 0 Å². The molecule has 260 valence electrons. The number of rotatable bonds is 22. The van der Waals surface area contributed by atoms with Gasteiger partial charge in [0.25, 0.3) is 30.4 Å². The van der Waals surface area contributed by atoms with Crippen LogP contribution in [0.5, 0.6) is 0 Å². The molecule has 20 heteroatoms. The molecule has 4 fully saturated rings. The molecule has 0 atom stereocenters. The minimum atomic E-state index is -4.07.